The molecule has 0 spiro atoms. The Morgan fingerprint density at radius 3 is 2.94 bits per heavy atom. The van der Waals surface area contributed by atoms with E-state index in [-0.39, 0.29) is 11.8 Å². The van der Waals surface area contributed by atoms with Crippen LogP contribution in [0.4, 0.5) is 10.1 Å². The Hall–Kier alpha value is -1.10. The van der Waals surface area contributed by atoms with Gasteiger partial charge in [-0.3, -0.25) is 4.79 Å². The zero-order valence-corrected chi connectivity index (χ0v) is 10.5. The van der Waals surface area contributed by atoms with Gasteiger partial charge in [0, 0.05) is 12.2 Å². The summed E-state index contributed by atoms with van der Waals surface area (Å²) >= 11 is 3.09. The molecule has 0 fully saturated rings. The lowest BCUT2D eigenvalue weighted by molar-refractivity contribution is -0.142. The second kappa shape index (κ2) is 6.48. The number of benzene rings is 1. The van der Waals surface area contributed by atoms with E-state index >= 15 is 0 Å². The number of ether oxygens (including phenoxy) is 1. The third-order valence-corrected chi connectivity index (χ3v) is 2.49. The molecule has 1 aromatic rings. The van der Waals surface area contributed by atoms with Crippen molar-refractivity contribution < 1.29 is 13.9 Å². The summed E-state index contributed by atoms with van der Waals surface area (Å²) in [6, 6.07) is 4.60. The molecule has 0 aliphatic heterocycles. The highest BCUT2D eigenvalue weighted by Crippen LogP contribution is 2.19. The fourth-order valence-electron chi connectivity index (χ4n) is 1.15. The molecular formula is C11H13BrFNO2. The molecule has 0 bridgehead atoms. The van der Waals surface area contributed by atoms with Crippen LogP contribution < -0.4 is 5.32 Å². The summed E-state index contributed by atoms with van der Waals surface area (Å²) in [7, 11) is 0. The number of esters is 1. The van der Waals surface area contributed by atoms with Crippen molar-refractivity contribution in [1.82, 2.24) is 0 Å². The largest absolute Gasteiger partial charge is 0.466 e. The van der Waals surface area contributed by atoms with E-state index in [0.717, 1.165) is 5.69 Å². The Morgan fingerprint density at radius 2 is 2.31 bits per heavy atom. The molecule has 0 saturated heterocycles. The number of hydrogen-bond donors (Lipinski definition) is 1. The first-order valence-corrected chi connectivity index (χ1v) is 5.77. The molecule has 16 heavy (non-hydrogen) atoms. The van der Waals surface area contributed by atoms with Gasteiger partial charge in [-0.25, -0.2) is 4.39 Å². The van der Waals surface area contributed by atoms with Gasteiger partial charge < -0.3 is 10.1 Å². The summed E-state index contributed by atoms with van der Waals surface area (Å²) in [4.78, 5) is 11.0. The van der Waals surface area contributed by atoms with Gasteiger partial charge in [-0.15, -0.1) is 0 Å². The van der Waals surface area contributed by atoms with E-state index in [9.17, 15) is 9.18 Å². The molecule has 3 nitrogen and oxygen atoms in total. The predicted octanol–water partition coefficient (Wildman–Crippen LogP) is 2.95. The van der Waals surface area contributed by atoms with Crippen molar-refractivity contribution in [3.8, 4) is 0 Å². The molecule has 0 aromatic heterocycles. The van der Waals surface area contributed by atoms with Crippen molar-refractivity contribution in [2.24, 2.45) is 0 Å². The van der Waals surface area contributed by atoms with Gasteiger partial charge in [-0.1, -0.05) is 0 Å². The summed E-state index contributed by atoms with van der Waals surface area (Å²) in [6.07, 6.45) is 0.294. The minimum atomic E-state index is -0.309. The monoisotopic (exact) mass is 289 g/mol. The summed E-state index contributed by atoms with van der Waals surface area (Å²) in [5.41, 5.74) is 0.762. The highest BCUT2D eigenvalue weighted by molar-refractivity contribution is 9.10. The van der Waals surface area contributed by atoms with E-state index in [4.69, 9.17) is 4.74 Å². The summed E-state index contributed by atoms with van der Waals surface area (Å²) in [5, 5.41) is 3.00. The Morgan fingerprint density at radius 1 is 1.56 bits per heavy atom. The molecule has 0 amide bonds. The number of nitrogens with one attached hydrogen (secondary N) is 1. The first-order chi connectivity index (χ1) is 7.63. The van der Waals surface area contributed by atoms with Crippen molar-refractivity contribution >= 4 is 27.6 Å². The van der Waals surface area contributed by atoms with Crippen molar-refractivity contribution in [3.05, 3.63) is 28.5 Å². The molecule has 0 atom stereocenters. The zero-order valence-electron chi connectivity index (χ0n) is 8.93. The molecule has 1 aromatic carbocycles. The van der Waals surface area contributed by atoms with Gasteiger partial charge in [0.15, 0.2) is 0 Å². The highest BCUT2D eigenvalue weighted by Gasteiger charge is 2.02. The van der Waals surface area contributed by atoms with Crippen LogP contribution in [0.2, 0.25) is 0 Å². The SMILES string of the molecule is CCOC(=O)CCNc1ccc(F)c(Br)c1. The van der Waals surface area contributed by atoms with Gasteiger partial charge in [-0.05, 0) is 41.1 Å². The van der Waals surface area contributed by atoms with Crippen molar-refractivity contribution in [2.45, 2.75) is 13.3 Å². The van der Waals surface area contributed by atoms with Crippen LogP contribution in [-0.2, 0) is 9.53 Å². The van der Waals surface area contributed by atoms with Crippen molar-refractivity contribution in [3.63, 3.8) is 0 Å². The van der Waals surface area contributed by atoms with Crippen LogP contribution in [0.1, 0.15) is 13.3 Å². The number of hydrogen-bond acceptors (Lipinski definition) is 3. The fraction of sp³-hybridized carbons (Fsp3) is 0.364. The van der Waals surface area contributed by atoms with Crippen molar-refractivity contribution in [2.75, 3.05) is 18.5 Å². The van der Waals surface area contributed by atoms with Crippen LogP contribution in [0, 0.1) is 5.82 Å². The normalized spacial score (nSPS) is 9.94. The number of halogens is 2. The average Bonchev–Trinajstić information content (AvgIpc) is 2.24. The first-order valence-electron chi connectivity index (χ1n) is 4.98. The van der Waals surface area contributed by atoms with Gasteiger partial charge in [0.2, 0.25) is 0 Å². The van der Waals surface area contributed by atoms with Crippen LogP contribution >= 0.6 is 15.9 Å². The fourth-order valence-corrected chi connectivity index (χ4v) is 1.53. The van der Waals surface area contributed by atoms with Crippen LogP contribution in [0.5, 0.6) is 0 Å². The lowest BCUT2D eigenvalue weighted by Gasteiger charge is -2.06. The van der Waals surface area contributed by atoms with Gasteiger partial charge in [-0.2, -0.15) is 0 Å². The van der Waals surface area contributed by atoms with E-state index in [1.165, 1.54) is 6.07 Å². The lowest BCUT2D eigenvalue weighted by Crippen LogP contribution is -2.11. The van der Waals surface area contributed by atoms with Crippen molar-refractivity contribution in [1.29, 1.82) is 0 Å². The summed E-state index contributed by atoms with van der Waals surface area (Å²) in [5.74, 6) is -0.549. The first kappa shape index (κ1) is 13.0. The maximum atomic E-state index is 12.9. The Kier molecular flexibility index (Phi) is 5.25. The third-order valence-electron chi connectivity index (χ3n) is 1.88. The number of rotatable bonds is 5. The molecule has 0 aliphatic rings. The smallest absolute Gasteiger partial charge is 0.307 e. The zero-order chi connectivity index (χ0) is 12.0. The topological polar surface area (TPSA) is 38.3 Å². The molecule has 1 N–H and O–H groups in total. The minimum Gasteiger partial charge on any atom is -0.466 e. The van der Waals surface area contributed by atoms with Crippen LogP contribution in [0.15, 0.2) is 22.7 Å². The Labute approximate surface area is 102 Å². The molecule has 1 rings (SSSR count). The Balaban J connectivity index is 2.37. The van der Waals surface area contributed by atoms with E-state index in [0.29, 0.717) is 24.0 Å². The molecule has 0 radical (unpaired) electrons. The number of carbonyl (C=O) groups is 1. The number of carbonyl (C=O) groups excluding carboxylic acids is 1. The highest BCUT2D eigenvalue weighted by atomic mass is 79.9. The molecule has 0 saturated carbocycles. The molecule has 0 unspecified atom stereocenters. The predicted molar refractivity (Wildman–Crippen MR) is 63.8 cm³/mol. The number of anilines is 1. The molecule has 0 heterocycles. The second-order valence-corrected chi connectivity index (χ2v) is 3.97. The van der Waals surface area contributed by atoms with E-state index < -0.39 is 0 Å². The maximum absolute atomic E-state index is 12.9. The summed E-state index contributed by atoms with van der Waals surface area (Å²) in [6.45, 7) is 2.63. The van der Waals surface area contributed by atoms with Gasteiger partial charge in [0.05, 0.1) is 17.5 Å². The second-order valence-electron chi connectivity index (χ2n) is 3.11. The minimum absolute atomic E-state index is 0.240. The van der Waals surface area contributed by atoms with Gasteiger partial charge in [0.1, 0.15) is 5.82 Å². The standard InChI is InChI=1S/C11H13BrFNO2/c1-2-16-11(15)5-6-14-8-3-4-10(13)9(12)7-8/h3-4,7,14H,2,5-6H2,1H3. The molecule has 88 valence electrons. The van der Waals surface area contributed by atoms with E-state index in [1.807, 2.05) is 0 Å². The third kappa shape index (κ3) is 4.18. The average molecular weight is 290 g/mol. The Bertz CT molecular complexity index is 371. The lowest BCUT2D eigenvalue weighted by atomic mass is 10.3. The van der Waals surface area contributed by atoms with E-state index in [2.05, 4.69) is 21.2 Å². The van der Waals surface area contributed by atoms with Crippen LogP contribution in [0.3, 0.4) is 0 Å². The van der Waals surface area contributed by atoms with Crippen LogP contribution in [-0.4, -0.2) is 19.1 Å². The maximum Gasteiger partial charge on any atom is 0.307 e. The summed E-state index contributed by atoms with van der Waals surface area (Å²) < 4.78 is 18.1. The molecule has 5 heteroatoms. The van der Waals surface area contributed by atoms with Gasteiger partial charge >= 0.3 is 5.97 Å². The van der Waals surface area contributed by atoms with Crippen LogP contribution in [0.25, 0.3) is 0 Å². The quantitative estimate of drug-likeness (QED) is 0.847. The van der Waals surface area contributed by atoms with Gasteiger partial charge in [0.25, 0.3) is 0 Å². The molecule has 0 aliphatic carbocycles. The van der Waals surface area contributed by atoms with E-state index in [1.54, 1.807) is 19.1 Å². The molecular weight excluding hydrogens is 277 g/mol.